The molecule has 0 heterocycles. The summed E-state index contributed by atoms with van der Waals surface area (Å²) < 4.78 is 21.0. The Morgan fingerprint density at radius 3 is 1.85 bits per heavy atom. The summed E-state index contributed by atoms with van der Waals surface area (Å²) in [5, 5.41) is 8.42. The number of carboxylic acids is 1. The lowest BCUT2D eigenvalue weighted by Crippen LogP contribution is -2.24. The fraction of sp³-hybridized carbons (Fsp3) is 0.556. The lowest BCUT2D eigenvalue weighted by Gasteiger charge is -2.08. The van der Waals surface area contributed by atoms with Crippen molar-refractivity contribution in [1.82, 2.24) is 5.48 Å². The number of carbonyl (C=O) groups excluding carboxylic acids is 1. The highest BCUT2D eigenvalue weighted by atomic mass is 16.7. The second-order valence-electron chi connectivity index (χ2n) is 5.24. The van der Waals surface area contributed by atoms with Crippen molar-refractivity contribution in [1.29, 1.82) is 0 Å². The summed E-state index contributed by atoms with van der Waals surface area (Å²) in [6.45, 7) is 3.43. The number of hydrogen-bond acceptors (Lipinski definition) is 8. The normalized spacial score (nSPS) is 10.7. The fourth-order valence-electron chi connectivity index (χ4n) is 1.78. The SMILES string of the molecule is O=C(O)CCOCCOCCOCCOCCNOC(=O)c1ccccc1. The van der Waals surface area contributed by atoms with Crippen molar-refractivity contribution in [3.63, 3.8) is 0 Å². The van der Waals surface area contributed by atoms with Crippen molar-refractivity contribution in [2.45, 2.75) is 6.42 Å². The van der Waals surface area contributed by atoms with Crippen LogP contribution in [0.5, 0.6) is 0 Å². The number of nitrogens with one attached hydrogen (secondary N) is 1. The highest BCUT2D eigenvalue weighted by Gasteiger charge is 2.05. The zero-order valence-corrected chi connectivity index (χ0v) is 15.3. The number of aliphatic carboxylic acids is 1. The molecule has 0 aliphatic rings. The van der Waals surface area contributed by atoms with Crippen LogP contribution in [0.3, 0.4) is 0 Å². The molecule has 0 spiro atoms. The summed E-state index contributed by atoms with van der Waals surface area (Å²) in [4.78, 5) is 26.8. The van der Waals surface area contributed by atoms with Gasteiger partial charge in [0, 0.05) is 0 Å². The average molecular weight is 385 g/mol. The van der Waals surface area contributed by atoms with E-state index in [2.05, 4.69) is 5.48 Å². The van der Waals surface area contributed by atoms with E-state index in [1.807, 2.05) is 6.07 Å². The molecule has 27 heavy (non-hydrogen) atoms. The largest absolute Gasteiger partial charge is 0.481 e. The third-order valence-corrected chi connectivity index (χ3v) is 3.10. The van der Waals surface area contributed by atoms with E-state index in [0.29, 0.717) is 58.4 Å². The monoisotopic (exact) mass is 385 g/mol. The molecule has 152 valence electrons. The summed E-state index contributed by atoms with van der Waals surface area (Å²) in [6.07, 6.45) is -0.00586. The van der Waals surface area contributed by atoms with E-state index in [0.717, 1.165) is 0 Å². The van der Waals surface area contributed by atoms with Crippen LogP contribution >= 0.6 is 0 Å². The third kappa shape index (κ3) is 13.8. The van der Waals surface area contributed by atoms with Crippen LogP contribution in [0.15, 0.2) is 30.3 Å². The number of hydrogen-bond donors (Lipinski definition) is 2. The van der Waals surface area contributed by atoms with Gasteiger partial charge in [-0.3, -0.25) is 4.79 Å². The number of hydroxylamine groups is 1. The molecular formula is C18H27NO8. The van der Waals surface area contributed by atoms with Gasteiger partial charge in [-0.2, -0.15) is 5.48 Å². The first kappa shape index (κ1) is 23.0. The van der Waals surface area contributed by atoms with Crippen LogP contribution in [0.25, 0.3) is 0 Å². The van der Waals surface area contributed by atoms with E-state index in [9.17, 15) is 9.59 Å². The quantitative estimate of drug-likeness (QED) is 0.298. The van der Waals surface area contributed by atoms with Crippen LogP contribution in [0, 0.1) is 0 Å². The van der Waals surface area contributed by atoms with Crippen LogP contribution in [0.1, 0.15) is 16.8 Å². The van der Waals surface area contributed by atoms with Crippen LogP contribution in [0.2, 0.25) is 0 Å². The first-order valence-corrected chi connectivity index (χ1v) is 8.72. The highest BCUT2D eigenvalue weighted by molar-refractivity contribution is 5.89. The fourth-order valence-corrected chi connectivity index (χ4v) is 1.78. The lowest BCUT2D eigenvalue weighted by atomic mass is 10.2. The second kappa shape index (κ2) is 16.2. The molecule has 0 saturated heterocycles. The Balaban J connectivity index is 1.77. The van der Waals surface area contributed by atoms with Crippen LogP contribution in [-0.2, 0) is 28.6 Å². The molecule has 1 aromatic carbocycles. The summed E-state index contributed by atoms with van der Waals surface area (Å²) >= 11 is 0. The zero-order chi connectivity index (χ0) is 19.6. The maximum absolute atomic E-state index is 11.6. The minimum absolute atomic E-state index is 0.00586. The van der Waals surface area contributed by atoms with Gasteiger partial charge in [-0.05, 0) is 12.1 Å². The molecule has 0 aliphatic heterocycles. The first-order valence-electron chi connectivity index (χ1n) is 8.72. The Morgan fingerprint density at radius 1 is 0.778 bits per heavy atom. The number of benzene rings is 1. The van der Waals surface area contributed by atoms with Gasteiger partial charge in [0.1, 0.15) is 0 Å². The van der Waals surface area contributed by atoms with Gasteiger partial charge in [0.05, 0.1) is 71.4 Å². The molecule has 0 radical (unpaired) electrons. The van der Waals surface area contributed by atoms with Crippen molar-refractivity contribution < 1.29 is 38.5 Å². The Labute approximate surface area is 158 Å². The second-order valence-corrected chi connectivity index (χ2v) is 5.24. The Bertz CT molecular complexity index is 511. The van der Waals surface area contributed by atoms with Gasteiger partial charge in [-0.15, -0.1) is 0 Å². The zero-order valence-electron chi connectivity index (χ0n) is 15.3. The Kier molecular flexibility index (Phi) is 13.8. The van der Waals surface area contributed by atoms with Gasteiger partial charge < -0.3 is 28.9 Å². The standard InChI is InChI=1S/C18H27NO8/c20-17(21)6-8-23-10-12-25-14-15-26-13-11-24-9-7-19-27-18(22)16-4-2-1-3-5-16/h1-5,19H,6-15H2,(H,20,21). The molecule has 0 saturated carbocycles. The number of ether oxygens (including phenoxy) is 4. The van der Waals surface area contributed by atoms with Crippen molar-refractivity contribution in [3.05, 3.63) is 35.9 Å². The summed E-state index contributed by atoms with van der Waals surface area (Å²) in [5.74, 6) is -1.32. The summed E-state index contributed by atoms with van der Waals surface area (Å²) in [5.41, 5.74) is 3.03. The Hall–Kier alpha value is -2.04. The average Bonchev–Trinajstić information content (AvgIpc) is 2.68. The van der Waals surface area contributed by atoms with Gasteiger partial charge in [0.25, 0.3) is 0 Å². The maximum Gasteiger partial charge on any atom is 0.356 e. The van der Waals surface area contributed by atoms with Crippen molar-refractivity contribution in [2.24, 2.45) is 0 Å². The van der Waals surface area contributed by atoms with Gasteiger partial charge in [0.2, 0.25) is 0 Å². The van der Waals surface area contributed by atoms with E-state index in [-0.39, 0.29) is 13.0 Å². The molecule has 1 rings (SSSR count). The van der Waals surface area contributed by atoms with Crippen molar-refractivity contribution in [2.75, 3.05) is 59.4 Å². The molecule has 0 atom stereocenters. The predicted molar refractivity (Wildman–Crippen MR) is 95.4 cm³/mol. The van der Waals surface area contributed by atoms with E-state index in [1.165, 1.54) is 0 Å². The lowest BCUT2D eigenvalue weighted by molar-refractivity contribution is -0.138. The van der Waals surface area contributed by atoms with Crippen molar-refractivity contribution in [3.8, 4) is 0 Å². The molecular weight excluding hydrogens is 358 g/mol. The number of carbonyl (C=O) groups is 2. The molecule has 9 heteroatoms. The van der Waals surface area contributed by atoms with Gasteiger partial charge >= 0.3 is 11.9 Å². The van der Waals surface area contributed by atoms with E-state index in [4.69, 9.17) is 28.9 Å². The topological polar surface area (TPSA) is 113 Å². The van der Waals surface area contributed by atoms with Gasteiger partial charge in [-0.25, -0.2) is 4.79 Å². The molecule has 0 unspecified atom stereocenters. The number of rotatable bonds is 17. The molecule has 1 aromatic rings. The van der Waals surface area contributed by atoms with Gasteiger partial charge in [-0.1, -0.05) is 18.2 Å². The molecule has 2 N–H and O–H groups in total. The van der Waals surface area contributed by atoms with Crippen LogP contribution < -0.4 is 5.48 Å². The Morgan fingerprint density at radius 2 is 1.30 bits per heavy atom. The van der Waals surface area contributed by atoms with Crippen LogP contribution in [-0.4, -0.2) is 76.4 Å². The molecule has 9 nitrogen and oxygen atoms in total. The van der Waals surface area contributed by atoms with E-state index in [1.54, 1.807) is 24.3 Å². The molecule has 0 fully saturated rings. The summed E-state index contributed by atoms with van der Waals surface area (Å²) in [6, 6.07) is 8.70. The predicted octanol–water partition coefficient (Wildman–Crippen LogP) is 0.889. The molecule has 0 bridgehead atoms. The smallest absolute Gasteiger partial charge is 0.356 e. The third-order valence-electron chi connectivity index (χ3n) is 3.10. The minimum atomic E-state index is -0.879. The summed E-state index contributed by atoms with van der Waals surface area (Å²) in [7, 11) is 0. The first-order chi connectivity index (χ1) is 13.2. The number of carboxylic acid groups (broad SMARTS) is 1. The molecule has 0 amide bonds. The minimum Gasteiger partial charge on any atom is -0.481 e. The van der Waals surface area contributed by atoms with Gasteiger partial charge in [0.15, 0.2) is 0 Å². The van der Waals surface area contributed by atoms with E-state index >= 15 is 0 Å². The van der Waals surface area contributed by atoms with Crippen molar-refractivity contribution >= 4 is 11.9 Å². The van der Waals surface area contributed by atoms with E-state index < -0.39 is 11.9 Å². The molecule has 0 aromatic heterocycles. The maximum atomic E-state index is 11.6. The van der Waals surface area contributed by atoms with Crippen LogP contribution in [0.4, 0.5) is 0 Å². The molecule has 0 aliphatic carbocycles. The highest BCUT2D eigenvalue weighted by Crippen LogP contribution is 1.99.